The normalized spacial score (nSPS) is 19.9. The molecule has 4 heterocycles. The van der Waals surface area contributed by atoms with Crippen LogP contribution >= 0.6 is 0 Å². The Balaban J connectivity index is 1.36. The van der Waals surface area contributed by atoms with Gasteiger partial charge in [-0.15, -0.1) is 0 Å². The lowest BCUT2D eigenvalue weighted by Crippen LogP contribution is -2.47. The first-order chi connectivity index (χ1) is 15.2. The average molecular weight is 410 g/mol. The summed E-state index contributed by atoms with van der Waals surface area (Å²) in [5.74, 6) is 0.777. The minimum atomic E-state index is -0.0113. The molecule has 5 nitrogen and oxygen atoms in total. The van der Waals surface area contributed by atoms with Crippen molar-refractivity contribution in [3.8, 4) is 11.1 Å². The summed E-state index contributed by atoms with van der Waals surface area (Å²) < 4.78 is 7.85. The molecule has 0 saturated carbocycles. The molecule has 0 N–H and O–H groups in total. The van der Waals surface area contributed by atoms with Crippen molar-refractivity contribution in [1.29, 1.82) is 0 Å². The number of rotatable bonds is 2. The van der Waals surface area contributed by atoms with Gasteiger partial charge in [-0.25, -0.2) is 0 Å². The maximum absolute atomic E-state index is 13.0. The molecule has 0 amide bonds. The highest BCUT2D eigenvalue weighted by Crippen LogP contribution is 2.37. The fourth-order valence-electron chi connectivity index (χ4n) is 5.24. The van der Waals surface area contributed by atoms with Crippen LogP contribution < -0.4 is 15.9 Å². The van der Waals surface area contributed by atoms with E-state index in [2.05, 4.69) is 11.0 Å². The summed E-state index contributed by atoms with van der Waals surface area (Å²) in [6.45, 7) is 2.53. The van der Waals surface area contributed by atoms with Crippen LogP contribution in [0.1, 0.15) is 18.0 Å². The van der Waals surface area contributed by atoms with Crippen LogP contribution in [0.5, 0.6) is 0 Å². The topological polar surface area (TPSA) is 55.5 Å². The first kappa shape index (κ1) is 18.2. The van der Waals surface area contributed by atoms with E-state index in [1.165, 1.54) is 0 Å². The zero-order valence-corrected chi connectivity index (χ0v) is 17.0. The fourth-order valence-corrected chi connectivity index (χ4v) is 5.24. The third-order valence-corrected chi connectivity index (χ3v) is 6.69. The van der Waals surface area contributed by atoms with Gasteiger partial charge in [0.1, 0.15) is 11.8 Å². The summed E-state index contributed by atoms with van der Waals surface area (Å²) in [6, 6.07) is 21.1. The number of nitrogens with zero attached hydrogens (tertiary/aromatic N) is 2. The number of hydrogen-bond donors (Lipinski definition) is 0. The van der Waals surface area contributed by atoms with E-state index in [9.17, 15) is 9.59 Å². The summed E-state index contributed by atoms with van der Waals surface area (Å²) in [7, 11) is 0. The van der Waals surface area contributed by atoms with Gasteiger partial charge >= 0.3 is 0 Å². The Morgan fingerprint density at radius 2 is 1.74 bits per heavy atom. The van der Waals surface area contributed by atoms with Crippen molar-refractivity contribution in [2.75, 3.05) is 18.0 Å². The van der Waals surface area contributed by atoms with Gasteiger partial charge in [0.25, 0.3) is 5.56 Å². The van der Waals surface area contributed by atoms with Gasteiger partial charge in [0.15, 0.2) is 5.43 Å². The molecule has 2 atom stereocenters. The molecule has 2 aliphatic rings. The standard InChI is InChI=1S/C26H22N2O3/c29-25-8-4-7-23-19-11-17(14-28(23)25)13-27(15-19)20-9-10-21-24(12-20)31-16-22(26(21)30)18-5-2-1-3-6-18/h1-10,12,16-17,19H,11,13-15H2/t17-,19+/m0/s1. The second-order valence-electron chi connectivity index (χ2n) is 8.63. The Kier molecular flexibility index (Phi) is 4.10. The van der Waals surface area contributed by atoms with E-state index in [0.717, 1.165) is 43.0 Å². The Bertz CT molecular complexity index is 1400. The second kappa shape index (κ2) is 6.98. The van der Waals surface area contributed by atoms with Crippen molar-refractivity contribution in [2.24, 2.45) is 5.92 Å². The molecule has 1 fully saturated rings. The molecular formula is C26H22N2O3. The Morgan fingerprint density at radius 3 is 2.61 bits per heavy atom. The molecule has 2 aromatic heterocycles. The van der Waals surface area contributed by atoms with Crippen molar-refractivity contribution < 1.29 is 4.42 Å². The van der Waals surface area contributed by atoms with Gasteiger partial charge in [-0.3, -0.25) is 9.59 Å². The number of anilines is 1. The molecule has 0 spiro atoms. The van der Waals surface area contributed by atoms with Gasteiger partial charge in [-0.05, 0) is 36.1 Å². The molecule has 2 aliphatic heterocycles. The molecule has 1 saturated heterocycles. The SMILES string of the molecule is O=c1c(-c2ccccc2)coc2cc(N3C[C@@H]4C[C@H](C3)c3cccc(=O)n3C4)ccc12. The van der Waals surface area contributed by atoms with Gasteiger partial charge in [-0.2, -0.15) is 0 Å². The van der Waals surface area contributed by atoms with Crippen molar-refractivity contribution in [2.45, 2.75) is 18.9 Å². The Morgan fingerprint density at radius 1 is 0.871 bits per heavy atom. The van der Waals surface area contributed by atoms with E-state index in [0.29, 0.717) is 28.4 Å². The van der Waals surface area contributed by atoms with E-state index in [1.54, 1.807) is 12.3 Å². The minimum absolute atomic E-state index is 0.0113. The van der Waals surface area contributed by atoms with Crippen molar-refractivity contribution in [3.05, 3.63) is 99.3 Å². The van der Waals surface area contributed by atoms with Crippen molar-refractivity contribution in [1.82, 2.24) is 4.57 Å². The summed E-state index contributed by atoms with van der Waals surface area (Å²) >= 11 is 0. The number of hydrogen-bond acceptors (Lipinski definition) is 4. The van der Waals surface area contributed by atoms with Crippen LogP contribution in [0.4, 0.5) is 5.69 Å². The number of pyridine rings is 1. The molecule has 6 rings (SSSR count). The van der Waals surface area contributed by atoms with Gasteiger partial charge < -0.3 is 13.9 Å². The van der Waals surface area contributed by atoms with E-state index in [1.807, 2.05) is 59.2 Å². The van der Waals surface area contributed by atoms with Gasteiger partial charge in [0.05, 0.1) is 10.9 Å². The van der Waals surface area contributed by atoms with Crippen LogP contribution in [0.15, 0.2) is 87.0 Å². The van der Waals surface area contributed by atoms with E-state index >= 15 is 0 Å². The molecular weight excluding hydrogens is 388 g/mol. The minimum Gasteiger partial charge on any atom is -0.463 e. The molecule has 154 valence electrons. The summed E-state index contributed by atoms with van der Waals surface area (Å²) in [5.41, 5.74) is 4.33. The smallest absolute Gasteiger partial charge is 0.250 e. The third kappa shape index (κ3) is 3.00. The molecule has 4 aromatic rings. The highest BCUT2D eigenvalue weighted by molar-refractivity contribution is 5.84. The maximum Gasteiger partial charge on any atom is 0.250 e. The molecule has 0 aliphatic carbocycles. The first-order valence-electron chi connectivity index (χ1n) is 10.7. The highest BCUT2D eigenvalue weighted by atomic mass is 16.3. The van der Waals surface area contributed by atoms with Crippen LogP contribution in [0.25, 0.3) is 22.1 Å². The summed E-state index contributed by atoms with van der Waals surface area (Å²) in [6.07, 6.45) is 2.68. The molecule has 5 heteroatoms. The fraction of sp³-hybridized carbons (Fsp3) is 0.231. The average Bonchev–Trinajstić information content (AvgIpc) is 2.80. The van der Waals surface area contributed by atoms with E-state index in [-0.39, 0.29) is 11.0 Å². The summed E-state index contributed by atoms with van der Waals surface area (Å²) in [4.78, 5) is 27.7. The number of benzene rings is 2. The highest BCUT2D eigenvalue weighted by Gasteiger charge is 2.34. The molecule has 31 heavy (non-hydrogen) atoms. The van der Waals surface area contributed by atoms with Gasteiger partial charge in [0.2, 0.25) is 0 Å². The lowest BCUT2D eigenvalue weighted by molar-refractivity contribution is 0.281. The van der Waals surface area contributed by atoms with Crippen LogP contribution in [-0.4, -0.2) is 17.7 Å². The quantitative estimate of drug-likeness (QED) is 0.496. The van der Waals surface area contributed by atoms with Crippen LogP contribution in [0.3, 0.4) is 0 Å². The number of aromatic nitrogens is 1. The Labute approximate surface area is 179 Å². The first-order valence-corrected chi connectivity index (χ1v) is 10.7. The third-order valence-electron chi connectivity index (χ3n) is 6.69. The molecule has 2 aromatic carbocycles. The number of piperidine rings is 1. The van der Waals surface area contributed by atoms with E-state index < -0.39 is 0 Å². The molecule has 2 bridgehead atoms. The van der Waals surface area contributed by atoms with Gasteiger partial charge in [0, 0.05) is 49.1 Å². The van der Waals surface area contributed by atoms with Crippen molar-refractivity contribution in [3.63, 3.8) is 0 Å². The van der Waals surface area contributed by atoms with Crippen LogP contribution in [-0.2, 0) is 6.54 Å². The number of fused-ring (bicyclic) bond motifs is 5. The molecule has 0 unspecified atom stereocenters. The predicted octanol–water partition coefficient (Wildman–Crippen LogP) is 4.25. The largest absolute Gasteiger partial charge is 0.463 e. The predicted molar refractivity (Wildman–Crippen MR) is 122 cm³/mol. The zero-order valence-electron chi connectivity index (χ0n) is 17.0. The monoisotopic (exact) mass is 410 g/mol. The Hall–Kier alpha value is -3.60. The molecule has 0 radical (unpaired) electrons. The van der Waals surface area contributed by atoms with Crippen LogP contribution in [0, 0.1) is 5.92 Å². The zero-order chi connectivity index (χ0) is 20.9. The lowest BCUT2D eigenvalue weighted by Gasteiger charge is -2.43. The summed E-state index contributed by atoms with van der Waals surface area (Å²) in [5, 5.41) is 0.596. The van der Waals surface area contributed by atoms with Gasteiger partial charge in [-0.1, -0.05) is 36.4 Å². The maximum atomic E-state index is 13.0. The van der Waals surface area contributed by atoms with E-state index in [4.69, 9.17) is 4.42 Å². The lowest BCUT2D eigenvalue weighted by atomic mass is 9.83. The van der Waals surface area contributed by atoms with Crippen molar-refractivity contribution >= 4 is 16.7 Å². The second-order valence-corrected chi connectivity index (χ2v) is 8.63. The van der Waals surface area contributed by atoms with Crippen LogP contribution in [0.2, 0.25) is 0 Å².